The maximum absolute atomic E-state index is 6.17. The second kappa shape index (κ2) is 6.37. The summed E-state index contributed by atoms with van der Waals surface area (Å²) in [5.74, 6) is 0.932. The molecule has 1 aromatic rings. The minimum atomic E-state index is 0.172. The molecule has 1 saturated carbocycles. The Morgan fingerprint density at radius 2 is 1.86 bits per heavy atom. The van der Waals surface area contributed by atoms with Gasteiger partial charge in [-0.15, -0.1) is 0 Å². The van der Waals surface area contributed by atoms with Crippen LogP contribution >= 0.6 is 0 Å². The average molecular weight is 289 g/mol. The Hall–Kier alpha value is -1.06. The maximum atomic E-state index is 6.17. The van der Waals surface area contributed by atoms with Crippen molar-refractivity contribution in [3.63, 3.8) is 0 Å². The lowest BCUT2D eigenvalue weighted by Gasteiger charge is -2.43. The van der Waals surface area contributed by atoms with E-state index in [2.05, 4.69) is 17.4 Å². The monoisotopic (exact) mass is 289 g/mol. The summed E-state index contributed by atoms with van der Waals surface area (Å²) in [6.07, 6.45) is 6.97. The molecule has 1 aromatic carbocycles. The first-order valence-corrected chi connectivity index (χ1v) is 8.30. The number of hydrogen-bond acceptors (Lipinski definition) is 3. The molecule has 1 spiro atoms. The van der Waals surface area contributed by atoms with Gasteiger partial charge in [-0.25, -0.2) is 0 Å². The average Bonchev–Trinajstić information content (AvgIpc) is 2.49. The number of rotatable bonds is 3. The summed E-state index contributed by atoms with van der Waals surface area (Å²) in [4.78, 5) is 0. The van der Waals surface area contributed by atoms with Crippen LogP contribution in [0.4, 0.5) is 0 Å². The Kier molecular flexibility index (Phi) is 4.51. The second-order valence-electron chi connectivity index (χ2n) is 6.76. The van der Waals surface area contributed by atoms with Crippen LogP contribution in [0.5, 0.6) is 5.75 Å². The fourth-order valence-corrected chi connectivity index (χ4v) is 3.48. The molecule has 1 unspecified atom stereocenters. The highest BCUT2D eigenvalue weighted by molar-refractivity contribution is 5.29. The quantitative estimate of drug-likeness (QED) is 0.917. The Morgan fingerprint density at radius 3 is 2.43 bits per heavy atom. The van der Waals surface area contributed by atoms with Crippen LogP contribution in [0.2, 0.25) is 0 Å². The largest absolute Gasteiger partial charge is 0.491 e. The van der Waals surface area contributed by atoms with Crippen LogP contribution in [0.3, 0.4) is 0 Å². The molecule has 1 atom stereocenters. The Bertz CT molecular complexity index is 439. The predicted molar refractivity (Wildman–Crippen MR) is 84.7 cm³/mol. The van der Waals surface area contributed by atoms with Crippen molar-refractivity contribution >= 4 is 0 Å². The number of nitrogens with one attached hydrogen (secondary N) is 1. The second-order valence-corrected chi connectivity index (χ2v) is 6.76. The molecule has 21 heavy (non-hydrogen) atoms. The van der Waals surface area contributed by atoms with Gasteiger partial charge in [0.05, 0.1) is 18.8 Å². The molecule has 0 bridgehead atoms. The van der Waals surface area contributed by atoms with Gasteiger partial charge in [0.2, 0.25) is 0 Å². The summed E-state index contributed by atoms with van der Waals surface area (Å²) in [5.41, 5.74) is 1.50. The smallest absolute Gasteiger partial charge is 0.119 e. The highest BCUT2D eigenvalue weighted by atomic mass is 16.5. The van der Waals surface area contributed by atoms with Crippen LogP contribution in [-0.2, 0) is 4.74 Å². The van der Waals surface area contributed by atoms with Crippen molar-refractivity contribution in [3.05, 3.63) is 29.8 Å². The normalized spacial score (nSPS) is 25.2. The Labute approximate surface area is 128 Å². The van der Waals surface area contributed by atoms with E-state index in [4.69, 9.17) is 9.47 Å². The summed E-state index contributed by atoms with van der Waals surface area (Å²) < 4.78 is 11.9. The minimum absolute atomic E-state index is 0.172. The topological polar surface area (TPSA) is 30.5 Å². The van der Waals surface area contributed by atoms with E-state index in [1.54, 1.807) is 0 Å². The molecule has 116 valence electrons. The number of benzene rings is 1. The number of ether oxygens (including phenoxy) is 2. The van der Waals surface area contributed by atoms with E-state index in [9.17, 15) is 0 Å². The van der Waals surface area contributed by atoms with Crippen LogP contribution in [0.25, 0.3) is 0 Å². The van der Waals surface area contributed by atoms with Gasteiger partial charge < -0.3 is 14.8 Å². The molecule has 1 saturated heterocycles. The van der Waals surface area contributed by atoms with Gasteiger partial charge in [0, 0.05) is 12.1 Å². The minimum Gasteiger partial charge on any atom is -0.491 e. The molecular weight excluding hydrogens is 262 g/mol. The van der Waals surface area contributed by atoms with E-state index >= 15 is 0 Å². The highest BCUT2D eigenvalue weighted by Crippen LogP contribution is 2.34. The third-order valence-corrected chi connectivity index (χ3v) is 4.66. The summed E-state index contributed by atoms with van der Waals surface area (Å²) in [6, 6.07) is 8.35. The fraction of sp³-hybridized carbons (Fsp3) is 0.667. The molecule has 0 radical (unpaired) electrons. The van der Waals surface area contributed by atoms with Gasteiger partial charge in [-0.2, -0.15) is 0 Å². The van der Waals surface area contributed by atoms with Crippen molar-refractivity contribution in [1.82, 2.24) is 5.32 Å². The molecule has 3 heteroatoms. The van der Waals surface area contributed by atoms with Gasteiger partial charge in [0.1, 0.15) is 5.75 Å². The first kappa shape index (κ1) is 14.9. The lowest BCUT2D eigenvalue weighted by Crippen LogP contribution is -2.55. The van der Waals surface area contributed by atoms with Crippen molar-refractivity contribution in [2.24, 2.45) is 0 Å². The van der Waals surface area contributed by atoms with E-state index in [1.165, 1.54) is 37.7 Å². The van der Waals surface area contributed by atoms with Crippen molar-refractivity contribution < 1.29 is 9.47 Å². The standard InChI is InChI=1S/C18H27NO2/c1-14(2)21-16-8-6-15(7-9-16)17-12-19-18(13-20-17)10-4-3-5-11-18/h6-9,14,17,19H,3-5,10-13H2,1-2H3. The molecule has 0 aromatic heterocycles. The van der Waals surface area contributed by atoms with E-state index in [1.807, 2.05) is 26.0 Å². The Morgan fingerprint density at radius 1 is 1.14 bits per heavy atom. The van der Waals surface area contributed by atoms with Gasteiger partial charge in [-0.1, -0.05) is 31.4 Å². The summed E-state index contributed by atoms with van der Waals surface area (Å²) in [5, 5.41) is 3.77. The third kappa shape index (κ3) is 3.58. The van der Waals surface area contributed by atoms with Gasteiger partial charge >= 0.3 is 0 Å². The first-order chi connectivity index (χ1) is 10.2. The zero-order valence-corrected chi connectivity index (χ0v) is 13.2. The van der Waals surface area contributed by atoms with Gasteiger partial charge in [-0.3, -0.25) is 0 Å². The number of morpholine rings is 1. The molecule has 2 aliphatic rings. The Balaban J connectivity index is 1.58. The fourth-order valence-electron chi connectivity index (χ4n) is 3.48. The maximum Gasteiger partial charge on any atom is 0.119 e. The van der Waals surface area contributed by atoms with Crippen LogP contribution < -0.4 is 10.1 Å². The van der Waals surface area contributed by atoms with E-state index in [0.717, 1.165) is 18.9 Å². The van der Waals surface area contributed by atoms with Gasteiger partial charge in [0.15, 0.2) is 0 Å². The molecule has 2 fully saturated rings. The molecule has 1 aliphatic heterocycles. The molecule has 1 N–H and O–H groups in total. The van der Waals surface area contributed by atoms with E-state index < -0.39 is 0 Å². The summed E-state index contributed by atoms with van der Waals surface area (Å²) in [6.45, 7) is 5.86. The van der Waals surface area contributed by atoms with Gasteiger partial charge in [-0.05, 0) is 44.4 Å². The van der Waals surface area contributed by atoms with Crippen LogP contribution in [-0.4, -0.2) is 24.8 Å². The molecular formula is C18H27NO2. The third-order valence-electron chi connectivity index (χ3n) is 4.66. The number of hydrogen-bond donors (Lipinski definition) is 1. The lowest BCUT2D eigenvalue weighted by atomic mass is 9.81. The zero-order chi connectivity index (χ0) is 14.7. The summed E-state index contributed by atoms with van der Waals surface area (Å²) in [7, 11) is 0. The van der Waals surface area contributed by atoms with E-state index in [-0.39, 0.29) is 17.7 Å². The van der Waals surface area contributed by atoms with Crippen LogP contribution in [0, 0.1) is 0 Å². The molecule has 1 aliphatic carbocycles. The molecule has 3 rings (SSSR count). The molecule has 0 amide bonds. The van der Waals surface area contributed by atoms with Crippen molar-refractivity contribution in [1.29, 1.82) is 0 Å². The molecule has 1 heterocycles. The van der Waals surface area contributed by atoms with Crippen LogP contribution in [0.1, 0.15) is 57.6 Å². The van der Waals surface area contributed by atoms with Crippen molar-refractivity contribution in [3.8, 4) is 5.75 Å². The van der Waals surface area contributed by atoms with Crippen molar-refractivity contribution in [2.45, 2.75) is 63.7 Å². The van der Waals surface area contributed by atoms with E-state index in [0.29, 0.717) is 0 Å². The SMILES string of the molecule is CC(C)Oc1ccc(C2CNC3(CCCCC3)CO2)cc1. The predicted octanol–water partition coefficient (Wildman–Crippen LogP) is 3.84. The highest BCUT2D eigenvalue weighted by Gasteiger charge is 2.36. The molecule has 3 nitrogen and oxygen atoms in total. The first-order valence-electron chi connectivity index (χ1n) is 8.30. The lowest BCUT2D eigenvalue weighted by molar-refractivity contribution is -0.0466. The van der Waals surface area contributed by atoms with Gasteiger partial charge in [0.25, 0.3) is 0 Å². The zero-order valence-electron chi connectivity index (χ0n) is 13.2. The van der Waals surface area contributed by atoms with Crippen LogP contribution in [0.15, 0.2) is 24.3 Å². The van der Waals surface area contributed by atoms with Crippen molar-refractivity contribution in [2.75, 3.05) is 13.2 Å². The summed E-state index contributed by atoms with van der Waals surface area (Å²) >= 11 is 0.